The molecule has 4 rings (SSSR count). The molecule has 1 aromatic heterocycles. The van der Waals surface area contributed by atoms with Gasteiger partial charge >= 0.3 is 0 Å². The summed E-state index contributed by atoms with van der Waals surface area (Å²) in [6.07, 6.45) is 3.38. The molecule has 0 bridgehead atoms. The number of imidazole rings is 1. The molecule has 122 valence electrons. The molecule has 3 heterocycles. The SMILES string of the molecule is NS(=O)(=O)N1CC[C@H](C2c3ccccc3-c3cncn32)[C@@H](O)C1. The topological polar surface area (TPSA) is 101 Å². The highest BCUT2D eigenvalue weighted by Crippen LogP contribution is 2.45. The average Bonchev–Trinajstić information content (AvgIpc) is 3.07. The van der Waals surface area contributed by atoms with Crippen LogP contribution in [0.25, 0.3) is 11.3 Å². The molecule has 2 aliphatic rings. The molecule has 8 heteroatoms. The monoisotopic (exact) mass is 334 g/mol. The van der Waals surface area contributed by atoms with Gasteiger partial charge in [-0.1, -0.05) is 24.3 Å². The van der Waals surface area contributed by atoms with Gasteiger partial charge in [0.2, 0.25) is 0 Å². The van der Waals surface area contributed by atoms with Gasteiger partial charge in [-0.3, -0.25) is 0 Å². The molecule has 3 atom stereocenters. The summed E-state index contributed by atoms with van der Waals surface area (Å²) in [5, 5.41) is 15.7. The first-order chi connectivity index (χ1) is 11.0. The lowest BCUT2D eigenvalue weighted by Gasteiger charge is -2.37. The van der Waals surface area contributed by atoms with Gasteiger partial charge in [-0.25, -0.2) is 10.1 Å². The van der Waals surface area contributed by atoms with Crippen molar-refractivity contribution in [1.82, 2.24) is 13.9 Å². The van der Waals surface area contributed by atoms with E-state index in [4.69, 9.17) is 5.14 Å². The molecule has 0 radical (unpaired) electrons. The van der Waals surface area contributed by atoms with Crippen molar-refractivity contribution < 1.29 is 13.5 Å². The highest BCUT2D eigenvalue weighted by molar-refractivity contribution is 7.86. The Kier molecular flexibility index (Phi) is 3.31. The van der Waals surface area contributed by atoms with E-state index >= 15 is 0 Å². The van der Waals surface area contributed by atoms with Crippen LogP contribution < -0.4 is 5.14 Å². The van der Waals surface area contributed by atoms with Crippen LogP contribution in [0.15, 0.2) is 36.8 Å². The van der Waals surface area contributed by atoms with E-state index in [-0.39, 0.29) is 18.5 Å². The standard InChI is InChI=1S/C15H18N4O3S/c16-23(21,22)18-6-5-12(14(20)8-18)15-11-4-2-1-3-10(11)13-7-17-9-19(13)15/h1-4,7,9,12,14-15,20H,5-6,8H2,(H2,16,21,22)/t12-,14-,15?/m0/s1. The molecular weight excluding hydrogens is 316 g/mol. The summed E-state index contributed by atoms with van der Waals surface area (Å²) < 4.78 is 26.2. The Morgan fingerprint density at radius 2 is 2.09 bits per heavy atom. The quantitative estimate of drug-likeness (QED) is 0.827. The van der Waals surface area contributed by atoms with Crippen LogP contribution in [0.4, 0.5) is 0 Å². The molecule has 7 nitrogen and oxygen atoms in total. The van der Waals surface area contributed by atoms with Crippen molar-refractivity contribution in [2.45, 2.75) is 18.6 Å². The van der Waals surface area contributed by atoms with E-state index in [1.54, 1.807) is 6.33 Å². The number of aliphatic hydroxyl groups is 1. The van der Waals surface area contributed by atoms with Crippen molar-refractivity contribution in [3.63, 3.8) is 0 Å². The largest absolute Gasteiger partial charge is 0.391 e. The Hall–Kier alpha value is -1.74. The van der Waals surface area contributed by atoms with Gasteiger partial charge in [-0.2, -0.15) is 12.7 Å². The second kappa shape index (κ2) is 5.13. The minimum Gasteiger partial charge on any atom is -0.391 e. The number of piperidine rings is 1. The zero-order chi connectivity index (χ0) is 16.2. The maximum Gasteiger partial charge on any atom is 0.276 e. The molecule has 0 saturated carbocycles. The lowest BCUT2D eigenvalue weighted by molar-refractivity contribution is 0.0343. The molecule has 1 fully saturated rings. The van der Waals surface area contributed by atoms with E-state index in [1.807, 2.05) is 18.3 Å². The Labute approximate surface area is 134 Å². The summed E-state index contributed by atoms with van der Waals surface area (Å²) in [5.41, 5.74) is 3.31. The zero-order valence-corrected chi connectivity index (χ0v) is 13.2. The molecule has 0 spiro atoms. The Bertz CT molecular complexity index is 848. The summed E-state index contributed by atoms with van der Waals surface area (Å²) in [7, 11) is -3.76. The van der Waals surface area contributed by atoms with Crippen LogP contribution in [0, 0.1) is 5.92 Å². The second-order valence-electron chi connectivity index (χ2n) is 6.14. The number of β-amino-alcohol motifs (C(OH)–C–C–N with tert-alkyl or cyclic N) is 1. The normalized spacial score (nSPS) is 27.7. The predicted molar refractivity (Wildman–Crippen MR) is 84.6 cm³/mol. The van der Waals surface area contributed by atoms with Crippen LogP contribution in [-0.4, -0.2) is 46.6 Å². The number of hydrogen-bond donors (Lipinski definition) is 2. The number of nitrogens with two attached hydrogens (primary N) is 1. The molecule has 1 unspecified atom stereocenters. The smallest absolute Gasteiger partial charge is 0.276 e. The van der Waals surface area contributed by atoms with Gasteiger partial charge in [0.1, 0.15) is 0 Å². The number of aliphatic hydroxyl groups excluding tert-OH is 1. The van der Waals surface area contributed by atoms with Crippen molar-refractivity contribution in [2.24, 2.45) is 11.1 Å². The molecule has 1 aromatic carbocycles. The molecular formula is C15H18N4O3S. The number of hydrogen-bond acceptors (Lipinski definition) is 4. The van der Waals surface area contributed by atoms with Crippen molar-refractivity contribution in [1.29, 1.82) is 0 Å². The molecule has 0 aliphatic carbocycles. The Morgan fingerprint density at radius 1 is 1.30 bits per heavy atom. The Morgan fingerprint density at radius 3 is 2.83 bits per heavy atom. The third-order valence-electron chi connectivity index (χ3n) is 4.88. The molecule has 1 saturated heterocycles. The van der Waals surface area contributed by atoms with E-state index in [2.05, 4.69) is 21.7 Å². The van der Waals surface area contributed by atoms with E-state index < -0.39 is 16.3 Å². The lowest BCUT2D eigenvalue weighted by Crippen LogP contribution is -2.50. The van der Waals surface area contributed by atoms with Gasteiger partial charge in [-0.05, 0) is 12.0 Å². The minimum atomic E-state index is -3.76. The molecule has 23 heavy (non-hydrogen) atoms. The fraction of sp³-hybridized carbons (Fsp3) is 0.400. The predicted octanol–water partition coefficient (Wildman–Crippen LogP) is 0.339. The van der Waals surface area contributed by atoms with Crippen LogP contribution in [0.3, 0.4) is 0 Å². The van der Waals surface area contributed by atoms with E-state index in [1.165, 1.54) is 0 Å². The van der Waals surface area contributed by atoms with Gasteiger partial charge in [0.15, 0.2) is 0 Å². The first-order valence-electron chi connectivity index (χ1n) is 7.54. The molecule has 3 N–H and O–H groups in total. The van der Waals surface area contributed by atoms with Crippen molar-refractivity contribution >= 4 is 10.2 Å². The highest BCUT2D eigenvalue weighted by Gasteiger charge is 2.41. The van der Waals surface area contributed by atoms with Gasteiger partial charge in [0.25, 0.3) is 10.2 Å². The van der Waals surface area contributed by atoms with Crippen LogP contribution >= 0.6 is 0 Å². The lowest BCUT2D eigenvalue weighted by atomic mass is 9.84. The first-order valence-corrected chi connectivity index (χ1v) is 9.04. The van der Waals surface area contributed by atoms with Crippen molar-refractivity contribution in [2.75, 3.05) is 13.1 Å². The summed E-state index contributed by atoms with van der Waals surface area (Å²) >= 11 is 0. The van der Waals surface area contributed by atoms with Crippen LogP contribution in [0.5, 0.6) is 0 Å². The van der Waals surface area contributed by atoms with Gasteiger partial charge in [0, 0.05) is 24.6 Å². The molecule has 2 aromatic rings. The maximum absolute atomic E-state index is 11.5. The van der Waals surface area contributed by atoms with Gasteiger partial charge in [-0.15, -0.1) is 0 Å². The van der Waals surface area contributed by atoms with Crippen molar-refractivity contribution in [3.05, 3.63) is 42.4 Å². The number of aromatic nitrogens is 2. The molecule has 0 amide bonds. The van der Waals surface area contributed by atoms with Crippen LogP contribution in [-0.2, 0) is 10.2 Å². The van der Waals surface area contributed by atoms with E-state index in [0.717, 1.165) is 21.1 Å². The third kappa shape index (κ3) is 2.29. The summed E-state index contributed by atoms with van der Waals surface area (Å²) in [4.78, 5) is 4.22. The number of nitrogens with zero attached hydrogens (tertiary/aromatic N) is 3. The third-order valence-corrected chi connectivity index (χ3v) is 5.93. The van der Waals surface area contributed by atoms with E-state index in [9.17, 15) is 13.5 Å². The van der Waals surface area contributed by atoms with Crippen molar-refractivity contribution in [3.8, 4) is 11.3 Å². The fourth-order valence-corrected chi connectivity index (χ4v) is 4.55. The number of fused-ring (bicyclic) bond motifs is 3. The minimum absolute atomic E-state index is 0.0265. The number of rotatable bonds is 2. The number of benzene rings is 1. The summed E-state index contributed by atoms with van der Waals surface area (Å²) in [6, 6.07) is 8.05. The van der Waals surface area contributed by atoms with Crippen LogP contribution in [0.2, 0.25) is 0 Å². The summed E-state index contributed by atoms with van der Waals surface area (Å²) in [6.45, 7) is 0.357. The van der Waals surface area contributed by atoms with E-state index in [0.29, 0.717) is 13.0 Å². The fourth-order valence-electron chi connectivity index (χ4n) is 3.83. The molecule has 2 aliphatic heterocycles. The maximum atomic E-state index is 11.5. The average molecular weight is 334 g/mol. The first kappa shape index (κ1) is 14.8. The Balaban J connectivity index is 1.70. The second-order valence-corrected chi connectivity index (χ2v) is 7.69. The van der Waals surface area contributed by atoms with Gasteiger partial charge < -0.3 is 9.67 Å². The summed E-state index contributed by atoms with van der Waals surface area (Å²) in [5.74, 6) is -0.0791. The van der Waals surface area contributed by atoms with Crippen LogP contribution in [0.1, 0.15) is 18.0 Å². The zero-order valence-electron chi connectivity index (χ0n) is 12.4. The highest BCUT2D eigenvalue weighted by atomic mass is 32.2. The van der Waals surface area contributed by atoms with Gasteiger partial charge in [0.05, 0.1) is 30.4 Å².